The summed E-state index contributed by atoms with van der Waals surface area (Å²) in [5.74, 6) is -0.342. The lowest BCUT2D eigenvalue weighted by Crippen LogP contribution is -2.29. The zero-order chi connectivity index (χ0) is 28.2. The number of fused-ring (bicyclic) bond motifs is 1. The van der Waals surface area contributed by atoms with Gasteiger partial charge in [0.15, 0.2) is 0 Å². The molecule has 41 heavy (non-hydrogen) atoms. The van der Waals surface area contributed by atoms with Crippen LogP contribution in [-0.2, 0) is 11.3 Å². The Morgan fingerprint density at radius 1 is 0.829 bits per heavy atom. The summed E-state index contributed by atoms with van der Waals surface area (Å²) in [5.41, 5.74) is 6.99. The average molecular weight is 543 g/mol. The third-order valence-electron chi connectivity index (χ3n) is 7.85. The maximum absolute atomic E-state index is 13.4. The Kier molecular flexibility index (Phi) is 7.65. The van der Waals surface area contributed by atoms with Gasteiger partial charge in [0.25, 0.3) is 11.8 Å². The second-order valence-electron chi connectivity index (χ2n) is 10.7. The molecule has 206 valence electrons. The van der Waals surface area contributed by atoms with Crippen molar-refractivity contribution < 1.29 is 9.59 Å². The third kappa shape index (κ3) is 5.79. The highest BCUT2D eigenvalue weighted by molar-refractivity contribution is 6.37. The van der Waals surface area contributed by atoms with Gasteiger partial charge in [0.05, 0.1) is 11.3 Å². The lowest BCUT2D eigenvalue weighted by Gasteiger charge is -2.26. The molecule has 0 saturated carbocycles. The summed E-state index contributed by atoms with van der Waals surface area (Å²) in [7, 11) is 1.76. The number of carbonyl (C=O) groups is 2. The Morgan fingerprint density at radius 2 is 1.51 bits per heavy atom. The first kappa shape index (κ1) is 26.5. The zero-order valence-corrected chi connectivity index (χ0v) is 23.3. The molecule has 6 nitrogen and oxygen atoms in total. The van der Waals surface area contributed by atoms with Gasteiger partial charge in [-0.3, -0.25) is 14.5 Å². The minimum atomic E-state index is -0.200. The molecule has 4 aromatic rings. The van der Waals surface area contributed by atoms with Crippen LogP contribution < -0.4 is 15.5 Å². The van der Waals surface area contributed by atoms with Gasteiger partial charge in [-0.05, 0) is 79.5 Å². The minimum Gasteiger partial charge on any atom is -0.354 e. The van der Waals surface area contributed by atoms with Crippen LogP contribution in [0.1, 0.15) is 46.3 Å². The molecule has 6 heteroatoms. The molecular weight excluding hydrogens is 508 g/mol. The van der Waals surface area contributed by atoms with Crippen molar-refractivity contribution in [2.24, 2.45) is 0 Å². The number of likely N-dealkylation sites (tertiary alicyclic amines) is 1. The maximum Gasteiger partial charge on any atom is 0.258 e. The second-order valence-corrected chi connectivity index (χ2v) is 10.7. The van der Waals surface area contributed by atoms with Crippen LogP contribution in [0.25, 0.3) is 11.3 Å². The summed E-state index contributed by atoms with van der Waals surface area (Å²) in [6.07, 6.45) is 3.87. The van der Waals surface area contributed by atoms with Crippen molar-refractivity contribution in [3.8, 4) is 0 Å². The number of nitrogens with zero attached hydrogens (tertiary/aromatic N) is 2. The quantitative estimate of drug-likeness (QED) is 0.250. The standard InChI is InChI=1S/C35H34N4O2/c1-38(29-13-7-3-8-14-29)35(41)27-17-20-31-30(23-27)32(34(40)37-31)33(26-11-5-2-6-12-26)36-28-18-15-25(16-19-28)24-39-21-9-4-10-22-39/h2-3,5-8,11-20,23,36H,4,9-10,21-22,24H2,1H3,(H,37,40)/b33-32-. The first-order chi connectivity index (χ1) is 20.1. The summed E-state index contributed by atoms with van der Waals surface area (Å²) >= 11 is 0. The van der Waals surface area contributed by atoms with Crippen LogP contribution in [0.4, 0.5) is 17.1 Å². The van der Waals surface area contributed by atoms with Gasteiger partial charge in [0.2, 0.25) is 0 Å². The Labute approximate surface area is 241 Å². The first-order valence-electron chi connectivity index (χ1n) is 14.2. The van der Waals surface area contributed by atoms with E-state index in [9.17, 15) is 9.59 Å². The van der Waals surface area contributed by atoms with Crippen molar-refractivity contribution in [3.05, 3.63) is 125 Å². The van der Waals surface area contributed by atoms with E-state index in [-0.39, 0.29) is 11.8 Å². The molecule has 0 radical (unpaired) electrons. The van der Waals surface area contributed by atoms with Crippen LogP contribution >= 0.6 is 0 Å². The smallest absolute Gasteiger partial charge is 0.258 e. The normalized spacial score (nSPS) is 16.1. The molecule has 2 aliphatic rings. The van der Waals surface area contributed by atoms with Crippen molar-refractivity contribution in [2.45, 2.75) is 25.8 Å². The molecule has 6 rings (SSSR count). The number of rotatable bonds is 7. The van der Waals surface area contributed by atoms with Crippen molar-refractivity contribution in [1.82, 2.24) is 4.90 Å². The van der Waals surface area contributed by atoms with E-state index in [1.54, 1.807) is 18.0 Å². The molecule has 2 heterocycles. The Hall–Kier alpha value is -4.68. The fourth-order valence-electron chi connectivity index (χ4n) is 5.61. The third-order valence-corrected chi connectivity index (χ3v) is 7.85. The van der Waals surface area contributed by atoms with Gasteiger partial charge in [-0.15, -0.1) is 0 Å². The van der Waals surface area contributed by atoms with E-state index in [2.05, 4.69) is 39.8 Å². The zero-order valence-electron chi connectivity index (χ0n) is 23.3. The minimum absolute atomic E-state index is 0.142. The van der Waals surface area contributed by atoms with Crippen LogP contribution in [0.5, 0.6) is 0 Å². The highest BCUT2D eigenvalue weighted by Gasteiger charge is 2.30. The molecule has 0 aliphatic carbocycles. The molecule has 1 fully saturated rings. The predicted octanol–water partition coefficient (Wildman–Crippen LogP) is 6.88. The van der Waals surface area contributed by atoms with E-state index >= 15 is 0 Å². The van der Waals surface area contributed by atoms with E-state index in [0.29, 0.717) is 28.1 Å². The molecule has 0 atom stereocenters. The number of para-hydroxylation sites is 1. The van der Waals surface area contributed by atoms with Gasteiger partial charge in [-0.1, -0.05) is 67.1 Å². The van der Waals surface area contributed by atoms with Crippen LogP contribution in [0.3, 0.4) is 0 Å². The predicted molar refractivity (Wildman–Crippen MR) is 167 cm³/mol. The lowest BCUT2D eigenvalue weighted by molar-refractivity contribution is -0.110. The number of hydrogen-bond donors (Lipinski definition) is 2. The van der Waals surface area contributed by atoms with Crippen molar-refractivity contribution in [1.29, 1.82) is 0 Å². The molecule has 0 unspecified atom stereocenters. The lowest BCUT2D eigenvalue weighted by atomic mass is 9.98. The number of carbonyl (C=O) groups excluding carboxylic acids is 2. The van der Waals surface area contributed by atoms with E-state index in [0.717, 1.165) is 36.6 Å². The summed E-state index contributed by atoms with van der Waals surface area (Å²) in [4.78, 5) is 31.0. The molecule has 0 bridgehead atoms. The van der Waals surface area contributed by atoms with Gasteiger partial charge >= 0.3 is 0 Å². The van der Waals surface area contributed by atoms with E-state index in [1.165, 1.54) is 24.8 Å². The van der Waals surface area contributed by atoms with Gasteiger partial charge in [-0.2, -0.15) is 0 Å². The molecule has 0 spiro atoms. The molecule has 2 amide bonds. The SMILES string of the molecule is CN(C(=O)c1ccc2c(c1)/C(=C(/Nc1ccc(CN3CCCCC3)cc1)c1ccccc1)C(=O)N2)c1ccccc1. The van der Waals surface area contributed by atoms with Crippen LogP contribution in [0, 0.1) is 0 Å². The van der Waals surface area contributed by atoms with Gasteiger partial charge < -0.3 is 15.5 Å². The molecule has 2 aliphatic heterocycles. The van der Waals surface area contributed by atoms with Crippen molar-refractivity contribution in [3.63, 3.8) is 0 Å². The van der Waals surface area contributed by atoms with Crippen LogP contribution in [-0.4, -0.2) is 36.9 Å². The number of amides is 2. The summed E-state index contributed by atoms with van der Waals surface area (Å²) in [5, 5.41) is 6.54. The second kappa shape index (κ2) is 11.8. The maximum atomic E-state index is 13.4. The molecule has 2 N–H and O–H groups in total. The van der Waals surface area contributed by atoms with Gasteiger partial charge in [-0.25, -0.2) is 0 Å². The summed E-state index contributed by atoms with van der Waals surface area (Å²) in [6.45, 7) is 3.27. The molecule has 0 aromatic heterocycles. The number of nitrogens with one attached hydrogen (secondary N) is 2. The van der Waals surface area contributed by atoms with E-state index in [4.69, 9.17) is 0 Å². The number of benzene rings is 4. The molecular formula is C35H34N4O2. The summed E-state index contributed by atoms with van der Waals surface area (Å²) in [6, 6.07) is 33.2. The monoisotopic (exact) mass is 542 g/mol. The number of piperidine rings is 1. The number of hydrogen-bond acceptors (Lipinski definition) is 4. The highest BCUT2D eigenvalue weighted by atomic mass is 16.2. The highest BCUT2D eigenvalue weighted by Crippen LogP contribution is 2.38. The Bertz CT molecular complexity index is 1570. The average Bonchev–Trinajstić information content (AvgIpc) is 3.36. The van der Waals surface area contributed by atoms with Crippen molar-refractivity contribution >= 4 is 40.1 Å². The summed E-state index contributed by atoms with van der Waals surface area (Å²) < 4.78 is 0. The van der Waals surface area contributed by atoms with E-state index in [1.807, 2.05) is 72.8 Å². The van der Waals surface area contributed by atoms with E-state index < -0.39 is 0 Å². The van der Waals surface area contributed by atoms with Gasteiger partial charge in [0.1, 0.15) is 0 Å². The first-order valence-corrected chi connectivity index (χ1v) is 14.2. The fourth-order valence-corrected chi connectivity index (χ4v) is 5.61. The van der Waals surface area contributed by atoms with Crippen LogP contribution in [0.2, 0.25) is 0 Å². The fraction of sp³-hybridized carbons (Fsp3) is 0.200. The largest absolute Gasteiger partial charge is 0.354 e. The molecule has 4 aromatic carbocycles. The Morgan fingerprint density at radius 3 is 2.22 bits per heavy atom. The van der Waals surface area contributed by atoms with Gasteiger partial charge in [0, 0.05) is 41.8 Å². The Balaban J connectivity index is 1.34. The number of anilines is 3. The topological polar surface area (TPSA) is 64.7 Å². The van der Waals surface area contributed by atoms with Crippen molar-refractivity contribution in [2.75, 3.05) is 35.7 Å². The van der Waals surface area contributed by atoms with Crippen LogP contribution in [0.15, 0.2) is 103 Å². The molecule has 1 saturated heterocycles.